The Morgan fingerprint density at radius 3 is 2.40 bits per heavy atom. The molecule has 3 aromatic rings. The molecule has 0 saturated carbocycles. The maximum atomic E-state index is 13.1. The second-order valence-corrected chi connectivity index (χ2v) is 5.72. The SMILES string of the molecule is CCOC(=O)Cc1oc(-c2ccc(F)cc2)nc1-c1ccc(Cl)cc1. The summed E-state index contributed by atoms with van der Waals surface area (Å²) >= 11 is 5.93. The van der Waals surface area contributed by atoms with Crippen molar-refractivity contribution in [2.24, 2.45) is 0 Å². The number of halogens is 2. The van der Waals surface area contributed by atoms with Crippen LogP contribution in [0.3, 0.4) is 0 Å². The Morgan fingerprint density at radius 2 is 1.76 bits per heavy atom. The largest absolute Gasteiger partial charge is 0.466 e. The van der Waals surface area contributed by atoms with Gasteiger partial charge in [-0.15, -0.1) is 0 Å². The van der Waals surface area contributed by atoms with E-state index in [0.29, 0.717) is 27.9 Å². The summed E-state index contributed by atoms with van der Waals surface area (Å²) in [5.74, 6) is -0.0520. The summed E-state index contributed by atoms with van der Waals surface area (Å²) in [6.45, 7) is 2.02. The Bertz CT molecular complexity index is 873. The van der Waals surface area contributed by atoms with Gasteiger partial charge in [0.1, 0.15) is 23.7 Å². The van der Waals surface area contributed by atoms with Crippen LogP contribution in [0, 0.1) is 5.82 Å². The Labute approximate surface area is 149 Å². The molecule has 0 aliphatic rings. The number of ether oxygens (including phenoxy) is 1. The van der Waals surface area contributed by atoms with Gasteiger partial charge in [0.15, 0.2) is 0 Å². The summed E-state index contributed by atoms with van der Waals surface area (Å²) in [6, 6.07) is 12.8. The van der Waals surface area contributed by atoms with Gasteiger partial charge in [-0.2, -0.15) is 0 Å². The number of carbonyl (C=O) groups is 1. The summed E-state index contributed by atoms with van der Waals surface area (Å²) < 4.78 is 23.9. The first-order valence-electron chi connectivity index (χ1n) is 7.74. The second kappa shape index (κ2) is 7.49. The van der Waals surface area contributed by atoms with Crippen molar-refractivity contribution in [3.8, 4) is 22.7 Å². The van der Waals surface area contributed by atoms with E-state index in [-0.39, 0.29) is 18.8 Å². The van der Waals surface area contributed by atoms with Crippen LogP contribution < -0.4 is 0 Å². The van der Waals surface area contributed by atoms with Gasteiger partial charge in [0, 0.05) is 16.1 Å². The van der Waals surface area contributed by atoms with Crippen LogP contribution in [0.15, 0.2) is 52.9 Å². The van der Waals surface area contributed by atoms with Gasteiger partial charge >= 0.3 is 5.97 Å². The molecule has 0 aliphatic heterocycles. The van der Waals surface area contributed by atoms with Crippen LogP contribution in [0.25, 0.3) is 22.7 Å². The fourth-order valence-corrected chi connectivity index (χ4v) is 2.49. The average molecular weight is 360 g/mol. The van der Waals surface area contributed by atoms with E-state index >= 15 is 0 Å². The average Bonchev–Trinajstić information content (AvgIpc) is 3.00. The molecule has 0 saturated heterocycles. The molecule has 0 aliphatic carbocycles. The van der Waals surface area contributed by atoms with Crippen LogP contribution in [-0.2, 0) is 16.0 Å². The number of benzene rings is 2. The second-order valence-electron chi connectivity index (χ2n) is 5.29. The molecule has 1 heterocycles. The topological polar surface area (TPSA) is 52.3 Å². The van der Waals surface area contributed by atoms with Crippen LogP contribution in [0.1, 0.15) is 12.7 Å². The molecule has 0 spiro atoms. The van der Waals surface area contributed by atoms with E-state index in [1.54, 1.807) is 43.3 Å². The summed E-state index contributed by atoms with van der Waals surface area (Å²) in [4.78, 5) is 16.3. The Hall–Kier alpha value is -2.66. The van der Waals surface area contributed by atoms with E-state index in [2.05, 4.69) is 4.98 Å². The third-order valence-electron chi connectivity index (χ3n) is 3.52. The smallest absolute Gasteiger partial charge is 0.313 e. The third-order valence-corrected chi connectivity index (χ3v) is 3.77. The quantitative estimate of drug-likeness (QED) is 0.607. The highest BCUT2D eigenvalue weighted by Gasteiger charge is 2.19. The predicted octanol–water partition coefficient (Wildman–Crippen LogP) is 4.91. The molecule has 2 aromatic carbocycles. The van der Waals surface area contributed by atoms with Crippen LogP contribution >= 0.6 is 11.6 Å². The van der Waals surface area contributed by atoms with Gasteiger partial charge in [0.25, 0.3) is 0 Å². The van der Waals surface area contributed by atoms with E-state index in [4.69, 9.17) is 20.8 Å². The number of carbonyl (C=O) groups excluding carboxylic acids is 1. The Balaban J connectivity index is 2.02. The van der Waals surface area contributed by atoms with Gasteiger partial charge in [-0.05, 0) is 43.3 Å². The predicted molar refractivity (Wildman–Crippen MR) is 92.7 cm³/mol. The summed E-state index contributed by atoms with van der Waals surface area (Å²) in [5, 5.41) is 0.595. The lowest BCUT2D eigenvalue weighted by Crippen LogP contribution is -2.07. The van der Waals surface area contributed by atoms with Gasteiger partial charge in [0.05, 0.1) is 6.61 Å². The Morgan fingerprint density at radius 1 is 1.12 bits per heavy atom. The van der Waals surface area contributed by atoms with Crippen molar-refractivity contribution in [1.29, 1.82) is 0 Å². The van der Waals surface area contributed by atoms with Crippen molar-refractivity contribution in [2.75, 3.05) is 6.61 Å². The molecule has 0 N–H and O–H groups in total. The third kappa shape index (κ3) is 4.06. The highest BCUT2D eigenvalue weighted by Crippen LogP contribution is 2.30. The normalized spacial score (nSPS) is 10.7. The molecule has 0 radical (unpaired) electrons. The molecule has 0 unspecified atom stereocenters. The molecule has 4 nitrogen and oxygen atoms in total. The monoisotopic (exact) mass is 359 g/mol. The van der Waals surface area contributed by atoms with Crippen LogP contribution in [0.5, 0.6) is 0 Å². The van der Waals surface area contributed by atoms with Crippen molar-refractivity contribution in [3.63, 3.8) is 0 Å². The van der Waals surface area contributed by atoms with Crippen LogP contribution in [-0.4, -0.2) is 17.6 Å². The number of esters is 1. The van der Waals surface area contributed by atoms with E-state index in [1.807, 2.05) is 0 Å². The van der Waals surface area contributed by atoms with Gasteiger partial charge in [-0.3, -0.25) is 4.79 Å². The zero-order chi connectivity index (χ0) is 17.8. The minimum atomic E-state index is -0.403. The maximum Gasteiger partial charge on any atom is 0.313 e. The molecular weight excluding hydrogens is 345 g/mol. The van der Waals surface area contributed by atoms with Gasteiger partial charge < -0.3 is 9.15 Å². The molecule has 3 rings (SSSR count). The number of nitrogens with zero attached hydrogens (tertiary/aromatic N) is 1. The molecule has 25 heavy (non-hydrogen) atoms. The lowest BCUT2D eigenvalue weighted by atomic mass is 10.1. The highest BCUT2D eigenvalue weighted by atomic mass is 35.5. The van der Waals surface area contributed by atoms with Gasteiger partial charge in [-0.1, -0.05) is 23.7 Å². The molecule has 0 fully saturated rings. The maximum absolute atomic E-state index is 13.1. The van der Waals surface area contributed by atoms with Crippen molar-refractivity contribution in [2.45, 2.75) is 13.3 Å². The van der Waals surface area contributed by atoms with E-state index < -0.39 is 5.97 Å². The van der Waals surface area contributed by atoms with Crippen LogP contribution in [0.2, 0.25) is 5.02 Å². The number of hydrogen-bond donors (Lipinski definition) is 0. The molecule has 6 heteroatoms. The molecule has 0 bridgehead atoms. The standard InChI is InChI=1S/C19H15ClFNO3/c1-2-24-17(23)11-16-18(12-3-7-14(20)8-4-12)22-19(25-16)13-5-9-15(21)10-6-13/h3-10H,2,11H2,1H3. The fraction of sp³-hybridized carbons (Fsp3) is 0.158. The molecule has 0 atom stereocenters. The first-order valence-corrected chi connectivity index (χ1v) is 8.12. The van der Waals surface area contributed by atoms with Gasteiger partial charge in [-0.25, -0.2) is 9.37 Å². The minimum absolute atomic E-state index is 0.0417. The molecule has 128 valence electrons. The number of aromatic nitrogens is 1. The number of hydrogen-bond acceptors (Lipinski definition) is 4. The van der Waals surface area contributed by atoms with Crippen molar-refractivity contribution in [1.82, 2.24) is 4.98 Å². The molecule has 0 amide bonds. The van der Waals surface area contributed by atoms with Crippen molar-refractivity contribution in [3.05, 3.63) is 65.1 Å². The number of rotatable bonds is 5. The minimum Gasteiger partial charge on any atom is -0.466 e. The zero-order valence-electron chi connectivity index (χ0n) is 13.5. The van der Waals surface area contributed by atoms with E-state index in [9.17, 15) is 9.18 Å². The molecular formula is C19H15ClFNO3. The lowest BCUT2D eigenvalue weighted by molar-refractivity contribution is -0.142. The van der Waals surface area contributed by atoms with Crippen molar-refractivity contribution >= 4 is 17.6 Å². The fourth-order valence-electron chi connectivity index (χ4n) is 2.36. The lowest BCUT2D eigenvalue weighted by Gasteiger charge is -2.02. The Kier molecular flexibility index (Phi) is 5.14. The summed E-state index contributed by atoms with van der Waals surface area (Å²) in [7, 11) is 0. The zero-order valence-corrected chi connectivity index (χ0v) is 14.2. The van der Waals surface area contributed by atoms with Gasteiger partial charge in [0.2, 0.25) is 5.89 Å². The van der Waals surface area contributed by atoms with E-state index in [1.165, 1.54) is 12.1 Å². The first-order chi connectivity index (χ1) is 12.1. The summed E-state index contributed by atoms with van der Waals surface area (Å²) in [5.41, 5.74) is 1.91. The summed E-state index contributed by atoms with van der Waals surface area (Å²) in [6.07, 6.45) is -0.0417. The molecule has 1 aromatic heterocycles. The van der Waals surface area contributed by atoms with E-state index in [0.717, 1.165) is 5.56 Å². The van der Waals surface area contributed by atoms with Crippen LogP contribution in [0.4, 0.5) is 4.39 Å². The highest BCUT2D eigenvalue weighted by molar-refractivity contribution is 6.30. The number of oxazole rings is 1. The van der Waals surface area contributed by atoms with Crippen molar-refractivity contribution < 1.29 is 18.3 Å². The first kappa shape index (κ1) is 17.2.